The molecule has 0 aromatic carbocycles. The molecule has 1 atom stereocenters. The second-order valence-electron chi connectivity index (χ2n) is 4.19. The van der Waals surface area contributed by atoms with Gasteiger partial charge in [0.2, 0.25) is 0 Å². The number of aliphatic hydroxyl groups excluding tert-OH is 1. The summed E-state index contributed by atoms with van der Waals surface area (Å²) in [6, 6.07) is 0. The van der Waals surface area contributed by atoms with Crippen LogP contribution in [0.2, 0.25) is 5.02 Å². The second kappa shape index (κ2) is 6.72. The van der Waals surface area contributed by atoms with Gasteiger partial charge in [-0.05, 0) is 0 Å². The largest absolute Gasteiger partial charge is 0.385 e. The van der Waals surface area contributed by atoms with Gasteiger partial charge in [0, 0.05) is 12.5 Å². The van der Waals surface area contributed by atoms with E-state index in [4.69, 9.17) is 16.7 Å². The van der Waals surface area contributed by atoms with Crippen molar-refractivity contribution in [2.45, 2.75) is 32.3 Å². The molecule has 0 fully saturated rings. The number of aromatic nitrogens is 2. The summed E-state index contributed by atoms with van der Waals surface area (Å²) < 4.78 is 24.2. The zero-order valence-electron chi connectivity index (χ0n) is 10.4. The molecule has 0 saturated carbocycles. The van der Waals surface area contributed by atoms with Crippen LogP contribution in [0.4, 0.5) is 8.78 Å². The van der Waals surface area contributed by atoms with Crippen molar-refractivity contribution < 1.29 is 18.7 Å². The predicted octanol–water partition coefficient (Wildman–Crippen LogP) is 1.61. The van der Waals surface area contributed by atoms with Gasteiger partial charge in [0.05, 0.1) is 11.2 Å². The number of aliphatic hydroxyl groups is 1. The van der Waals surface area contributed by atoms with Crippen LogP contribution >= 0.6 is 11.6 Å². The number of alkyl halides is 2. The Balaban J connectivity index is 2.79. The quantitative estimate of drug-likeness (QED) is 0.865. The Bertz CT molecular complexity index is 458. The van der Waals surface area contributed by atoms with Crippen molar-refractivity contribution in [3.05, 3.63) is 22.7 Å². The zero-order valence-corrected chi connectivity index (χ0v) is 11.2. The summed E-state index contributed by atoms with van der Waals surface area (Å²) in [6.45, 7) is 3.10. The topological polar surface area (TPSA) is 75.1 Å². The minimum atomic E-state index is -2.92. The fraction of sp³-hybridized carbons (Fsp3) is 0.545. The molecule has 1 rings (SSSR count). The van der Waals surface area contributed by atoms with Gasteiger partial charge in [0.15, 0.2) is 0 Å². The second-order valence-corrected chi connectivity index (χ2v) is 4.60. The SMILES string of the molecule is CC(C)c1ncc(Cl)c(C(=O)NCC(O)C(F)F)n1. The molecule has 0 aliphatic heterocycles. The first-order valence-corrected chi connectivity index (χ1v) is 5.97. The Morgan fingerprint density at radius 2 is 2.16 bits per heavy atom. The van der Waals surface area contributed by atoms with Gasteiger partial charge in [-0.25, -0.2) is 18.7 Å². The number of nitrogens with zero attached hydrogens (tertiary/aromatic N) is 2. The molecule has 0 aliphatic rings. The maximum atomic E-state index is 12.1. The van der Waals surface area contributed by atoms with Gasteiger partial charge in [-0.3, -0.25) is 4.79 Å². The van der Waals surface area contributed by atoms with Gasteiger partial charge in [0.25, 0.3) is 12.3 Å². The normalized spacial score (nSPS) is 12.8. The number of hydrogen-bond donors (Lipinski definition) is 2. The highest BCUT2D eigenvalue weighted by Crippen LogP contribution is 2.16. The van der Waals surface area contributed by atoms with E-state index in [1.807, 2.05) is 13.8 Å². The third-order valence-corrected chi connectivity index (χ3v) is 2.53. The van der Waals surface area contributed by atoms with Gasteiger partial charge >= 0.3 is 0 Å². The number of halogens is 3. The molecule has 0 aliphatic carbocycles. The maximum absolute atomic E-state index is 12.1. The molecule has 106 valence electrons. The van der Waals surface area contributed by atoms with Crippen LogP contribution in [0.3, 0.4) is 0 Å². The molecule has 5 nitrogen and oxygen atoms in total. The Morgan fingerprint density at radius 1 is 1.53 bits per heavy atom. The third-order valence-electron chi connectivity index (χ3n) is 2.26. The first-order chi connectivity index (χ1) is 8.82. The van der Waals surface area contributed by atoms with E-state index < -0.39 is 25.0 Å². The lowest BCUT2D eigenvalue weighted by Gasteiger charge is -2.12. The molecule has 1 aromatic rings. The Labute approximate surface area is 114 Å². The highest BCUT2D eigenvalue weighted by atomic mass is 35.5. The first-order valence-electron chi connectivity index (χ1n) is 5.59. The summed E-state index contributed by atoms with van der Waals surface area (Å²) in [4.78, 5) is 19.6. The maximum Gasteiger partial charge on any atom is 0.271 e. The summed E-state index contributed by atoms with van der Waals surface area (Å²) in [6.07, 6.45) is -3.57. The standard InChI is InChI=1S/C11H14ClF2N3O2/c1-5(2)10-15-3-6(12)8(17-10)11(19)16-4-7(18)9(13)14/h3,5,7,9,18H,4H2,1-2H3,(H,16,19). The molecule has 0 bridgehead atoms. The minimum absolute atomic E-state index is 0.00419. The van der Waals surface area contributed by atoms with Crippen molar-refractivity contribution in [3.63, 3.8) is 0 Å². The van der Waals surface area contributed by atoms with Crippen molar-refractivity contribution in [3.8, 4) is 0 Å². The van der Waals surface area contributed by atoms with E-state index in [0.29, 0.717) is 5.82 Å². The molecule has 8 heteroatoms. The van der Waals surface area contributed by atoms with Crippen LogP contribution in [-0.4, -0.2) is 40.1 Å². The Morgan fingerprint density at radius 3 is 2.68 bits per heavy atom. The first kappa shape index (κ1) is 15.7. The summed E-state index contributed by atoms with van der Waals surface area (Å²) in [5.74, 6) is -0.312. The zero-order chi connectivity index (χ0) is 14.6. The van der Waals surface area contributed by atoms with E-state index >= 15 is 0 Å². The van der Waals surface area contributed by atoms with E-state index in [1.165, 1.54) is 6.20 Å². The van der Waals surface area contributed by atoms with Crippen molar-refractivity contribution >= 4 is 17.5 Å². The van der Waals surface area contributed by atoms with Crippen LogP contribution in [0.1, 0.15) is 36.1 Å². The van der Waals surface area contributed by atoms with Crippen molar-refractivity contribution in [1.29, 1.82) is 0 Å². The van der Waals surface area contributed by atoms with E-state index in [0.717, 1.165) is 0 Å². The van der Waals surface area contributed by atoms with Crippen LogP contribution in [0.5, 0.6) is 0 Å². The van der Waals surface area contributed by atoms with Crippen LogP contribution in [0.25, 0.3) is 0 Å². The molecule has 0 saturated heterocycles. The molecule has 0 radical (unpaired) electrons. The van der Waals surface area contributed by atoms with Crippen LogP contribution in [-0.2, 0) is 0 Å². The highest BCUT2D eigenvalue weighted by Gasteiger charge is 2.20. The molecule has 1 unspecified atom stereocenters. The van der Waals surface area contributed by atoms with Crippen molar-refractivity contribution in [2.24, 2.45) is 0 Å². The molecule has 0 spiro atoms. The van der Waals surface area contributed by atoms with E-state index in [9.17, 15) is 13.6 Å². The summed E-state index contributed by atoms with van der Waals surface area (Å²) in [5.41, 5.74) is -0.0955. The van der Waals surface area contributed by atoms with Gasteiger partial charge in [-0.1, -0.05) is 25.4 Å². The van der Waals surface area contributed by atoms with Crippen molar-refractivity contribution in [1.82, 2.24) is 15.3 Å². The lowest BCUT2D eigenvalue weighted by molar-refractivity contribution is -0.00273. The predicted molar refractivity (Wildman–Crippen MR) is 65.5 cm³/mol. The molecular formula is C11H14ClF2N3O2. The molecule has 1 aromatic heterocycles. The fourth-order valence-corrected chi connectivity index (χ4v) is 1.37. The lowest BCUT2D eigenvalue weighted by atomic mass is 10.2. The number of hydrogen-bond acceptors (Lipinski definition) is 4. The number of carbonyl (C=O) groups is 1. The minimum Gasteiger partial charge on any atom is -0.385 e. The van der Waals surface area contributed by atoms with E-state index in [-0.39, 0.29) is 16.6 Å². The van der Waals surface area contributed by atoms with Crippen LogP contribution in [0.15, 0.2) is 6.20 Å². The molecule has 2 N–H and O–H groups in total. The number of rotatable bonds is 5. The van der Waals surface area contributed by atoms with Gasteiger partial charge in [0.1, 0.15) is 17.6 Å². The lowest BCUT2D eigenvalue weighted by Crippen LogP contribution is -2.36. The average molecular weight is 294 g/mol. The van der Waals surface area contributed by atoms with Gasteiger partial charge in [-0.15, -0.1) is 0 Å². The van der Waals surface area contributed by atoms with Crippen LogP contribution in [0, 0.1) is 0 Å². The monoisotopic (exact) mass is 293 g/mol. The third kappa shape index (κ3) is 4.36. The average Bonchev–Trinajstić information content (AvgIpc) is 2.35. The molecular weight excluding hydrogens is 280 g/mol. The summed E-state index contributed by atoms with van der Waals surface area (Å²) >= 11 is 5.78. The van der Waals surface area contributed by atoms with E-state index in [2.05, 4.69) is 15.3 Å². The Hall–Kier alpha value is -1.34. The molecule has 1 amide bonds. The number of carbonyl (C=O) groups excluding carboxylic acids is 1. The van der Waals surface area contributed by atoms with E-state index in [1.54, 1.807) is 0 Å². The van der Waals surface area contributed by atoms with Crippen LogP contribution < -0.4 is 5.32 Å². The fourth-order valence-electron chi connectivity index (χ4n) is 1.19. The molecule has 1 heterocycles. The van der Waals surface area contributed by atoms with Gasteiger partial charge in [-0.2, -0.15) is 0 Å². The number of nitrogens with one attached hydrogen (secondary N) is 1. The summed E-state index contributed by atoms with van der Waals surface area (Å²) in [7, 11) is 0. The highest BCUT2D eigenvalue weighted by molar-refractivity contribution is 6.33. The molecule has 19 heavy (non-hydrogen) atoms. The smallest absolute Gasteiger partial charge is 0.271 e. The number of amides is 1. The Kier molecular flexibility index (Phi) is 5.56. The summed E-state index contributed by atoms with van der Waals surface area (Å²) in [5, 5.41) is 11.1. The van der Waals surface area contributed by atoms with Gasteiger partial charge < -0.3 is 10.4 Å². The van der Waals surface area contributed by atoms with Crippen molar-refractivity contribution in [2.75, 3.05) is 6.54 Å².